The number of carbonyl (C=O) groups is 1. The molecule has 2 atom stereocenters. The predicted molar refractivity (Wildman–Crippen MR) is 127 cm³/mol. The van der Waals surface area contributed by atoms with Crippen molar-refractivity contribution in [2.45, 2.75) is 44.2 Å². The third-order valence-corrected chi connectivity index (χ3v) is 6.10. The van der Waals surface area contributed by atoms with Crippen LogP contribution in [0.4, 0.5) is 10.5 Å². The number of amides is 2. The van der Waals surface area contributed by atoms with Crippen LogP contribution in [0, 0.1) is 0 Å². The average molecular weight is 454 g/mol. The van der Waals surface area contributed by atoms with Crippen molar-refractivity contribution in [2.75, 3.05) is 11.9 Å². The highest BCUT2D eigenvalue weighted by Gasteiger charge is 2.23. The second-order valence-electron chi connectivity index (χ2n) is 8.02. The van der Waals surface area contributed by atoms with Gasteiger partial charge in [0.15, 0.2) is 0 Å². The van der Waals surface area contributed by atoms with Crippen LogP contribution in [0.5, 0.6) is 5.75 Å². The lowest BCUT2D eigenvalue weighted by Crippen LogP contribution is -2.50. The number of para-hydroxylation sites is 1. The van der Waals surface area contributed by atoms with Crippen LogP contribution in [-0.4, -0.2) is 34.7 Å². The third-order valence-electron chi connectivity index (χ3n) is 5.75. The molecule has 4 rings (SSSR count). The van der Waals surface area contributed by atoms with Gasteiger partial charge in [-0.25, -0.2) is 9.78 Å². The number of carbonyl (C=O) groups excluding carboxylic acids is 1. The normalized spacial score (nSPS) is 18.2. The van der Waals surface area contributed by atoms with Crippen LogP contribution in [0.2, 0.25) is 5.02 Å². The number of hydrogen-bond acceptors (Lipinski definition) is 4. The van der Waals surface area contributed by atoms with Crippen molar-refractivity contribution in [2.24, 2.45) is 5.73 Å². The lowest BCUT2D eigenvalue weighted by molar-refractivity contribution is 0.240. The Morgan fingerprint density at radius 1 is 1.22 bits per heavy atom. The van der Waals surface area contributed by atoms with Crippen molar-refractivity contribution in [3.8, 4) is 17.0 Å². The van der Waals surface area contributed by atoms with Gasteiger partial charge in [0.25, 0.3) is 0 Å². The fourth-order valence-corrected chi connectivity index (χ4v) is 4.27. The average Bonchev–Trinajstić information content (AvgIpc) is 3.32. The first-order chi connectivity index (χ1) is 15.6. The molecule has 1 aromatic heterocycles. The number of hydrogen-bond donors (Lipinski definition) is 4. The summed E-state index contributed by atoms with van der Waals surface area (Å²) in [5.41, 5.74) is 9.57. The number of anilines is 1. The Bertz CT molecular complexity index is 1040. The van der Waals surface area contributed by atoms with Crippen LogP contribution in [0.3, 0.4) is 0 Å². The molecule has 0 aliphatic heterocycles. The molecule has 168 valence electrons. The minimum atomic E-state index is -0.255. The van der Waals surface area contributed by atoms with Crippen molar-refractivity contribution in [3.63, 3.8) is 0 Å². The molecular weight excluding hydrogens is 426 g/mol. The zero-order valence-electron chi connectivity index (χ0n) is 17.8. The fourth-order valence-electron chi connectivity index (χ4n) is 3.99. The SMILES string of the molecule is NC1CCCCC1NC(=O)Nc1ccc(CCOc2ccccc2-c2cnc[nH]2)c(Cl)c1. The van der Waals surface area contributed by atoms with E-state index < -0.39 is 0 Å². The molecule has 5 N–H and O–H groups in total. The minimum absolute atomic E-state index is 0.0128. The molecule has 1 aliphatic carbocycles. The van der Waals surface area contributed by atoms with E-state index in [1.54, 1.807) is 18.6 Å². The second-order valence-corrected chi connectivity index (χ2v) is 8.43. The Balaban J connectivity index is 1.31. The molecule has 1 heterocycles. The molecule has 1 fully saturated rings. The number of halogens is 1. The van der Waals surface area contributed by atoms with Crippen LogP contribution in [0.15, 0.2) is 55.0 Å². The zero-order chi connectivity index (χ0) is 22.3. The van der Waals surface area contributed by atoms with E-state index in [1.807, 2.05) is 36.4 Å². The standard InChI is InChI=1S/C24H28ClN5O2/c25-19-13-17(29-24(31)30-21-7-3-2-6-20(21)26)10-9-16(19)11-12-32-23-8-4-1-5-18(23)22-14-27-15-28-22/h1,4-5,8-10,13-15,20-21H,2-3,6-7,11-12,26H2,(H,27,28)(H2,29,30,31). The predicted octanol–water partition coefficient (Wildman–Crippen LogP) is 4.74. The Morgan fingerprint density at radius 2 is 2.06 bits per heavy atom. The molecule has 1 saturated carbocycles. The van der Waals surface area contributed by atoms with Gasteiger partial charge in [-0.15, -0.1) is 0 Å². The number of benzene rings is 2. The van der Waals surface area contributed by atoms with E-state index in [2.05, 4.69) is 20.6 Å². The molecule has 2 aromatic carbocycles. The summed E-state index contributed by atoms with van der Waals surface area (Å²) in [5.74, 6) is 0.781. The number of rotatable bonds is 7. The lowest BCUT2D eigenvalue weighted by atomic mass is 9.91. The van der Waals surface area contributed by atoms with Crippen molar-refractivity contribution in [1.29, 1.82) is 0 Å². The molecule has 2 amide bonds. The maximum absolute atomic E-state index is 12.3. The van der Waals surface area contributed by atoms with Crippen LogP contribution in [-0.2, 0) is 6.42 Å². The quantitative estimate of drug-likeness (QED) is 0.414. The maximum atomic E-state index is 12.3. The van der Waals surface area contributed by atoms with Crippen molar-refractivity contribution < 1.29 is 9.53 Å². The number of urea groups is 1. The number of imidazole rings is 1. The topological polar surface area (TPSA) is 105 Å². The highest BCUT2D eigenvalue weighted by molar-refractivity contribution is 6.31. The van der Waals surface area contributed by atoms with Gasteiger partial charge in [-0.1, -0.05) is 42.6 Å². The van der Waals surface area contributed by atoms with Crippen LogP contribution in [0.25, 0.3) is 11.3 Å². The first-order valence-electron chi connectivity index (χ1n) is 10.9. The van der Waals surface area contributed by atoms with Crippen LogP contribution in [0.1, 0.15) is 31.2 Å². The summed E-state index contributed by atoms with van der Waals surface area (Å²) in [6, 6.07) is 13.1. The zero-order valence-corrected chi connectivity index (χ0v) is 18.6. The van der Waals surface area contributed by atoms with E-state index in [1.165, 1.54) is 0 Å². The van der Waals surface area contributed by atoms with Gasteiger partial charge in [-0.3, -0.25) is 0 Å². The van der Waals surface area contributed by atoms with Gasteiger partial charge >= 0.3 is 6.03 Å². The second kappa shape index (κ2) is 10.5. The molecule has 0 radical (unpaired) electrons. The summed E-state index contributed by atoms with van der Waals surface area (Å²) < 4.78 is 6.01. The molecule has 2 unspecified atom stereocenters. The molecule has 1 aliphatic rings. The summed E-state index contributed by atoms with van der Waals surface area (Å²) >= 11 is 6.46. The van der Waals surface area contributed by atoms with Gasteiger partial charge in [0.05, 0.1) is 24.8 Å². The molecular formula is C24H28ClN5O2. The number of aromatic nitrogens is 2. The first-order valence-corrected chi connectivity index (χ1v) is 11.3. The summed E-state index contributed by atoms with van der Waals surface area (Å²) in [7, 11) is 0. The van der Waals surface area contributed by atoms with Gasteiger partial charge in [-0.05, 0) is 42.7 Å². The van der Waals surface area contributed by atoms with E-state index in [4.69, 9.17) is 22.1 Å². The molecule has 7 nitrogen and oxygen atoms in total. The maximum Gasteiger partial charge on any atom is 0.319 e. The summed E-state index contributed by atoms with van der Waals surface area (Å²) in [6.07, 6.45) is 8.12. The monoisotopic (exact) mass is 453 g/mol. The molecule has 0 bridgehead atoms. The van der Waals surface area contributed by atoms with E-state index in [0.717, 1.165) is 48.3 Å². The van der Waals surface area contributed by atoms with Gasteiger partial charge in [0, 0.05) is 34.8 Å². The van der Waals surface area contributed by atoms with Crippen LogP contribution < -0.4 is 21.1 Å². The van der Waals surface area contributed by atoms with E-state index >= 15 is 0 Å². The minimum Gasteiger partial charge on any atom is -0.493 e. The van der Waals surface area contributed by atoms with E-state index in [9.17, 15) is 4.79 Å². The number of ether oxygens (including phenoxy) is 1. The number of aromatic amines is 1. The highest BCUT2D eigenvalue weighted by Crippen LogP contribution is 2.28. The first kappa shape index (κ1) is 22.2. The fraction of sp³-hybridized carbons (Fsp3) is 0.333. The Morgan fingerprint density at radius 3 is 2.84 bits per heavy atom. The van der Waals surface area contributed by atoms with E-state index in [-0.39, 0.29) is 18.1 Å². The number of nitrogens with two attached hydrogens (primary N) is 1. The smallest absolute Gasteiger partial charge is 0.319 e. The molecule has 0 saturated heterocycles. The number of H-pyrrole nitrogens is 1. The van der Waals surface area contributed by atoms with Gasteiger partial charge in [0.1, 0.15) is 5.75 Å². The van der Waals surface area contributed by atoms with Crippen molar-refractivity contribution in [1.82, 2.24) is 15.3 Å². The molecule has 32 heavy (non-hydrogen) atoms. The Labute approximate surface area is 192 Å². The largest absolute Gasteiger partial charge is 0.493 e. The van der Waals surface area contributed by atoms with Crippen molar-refractivity contribution >= 4 is 23.3 Å². The Hall–Kier alpha value is -3.03. The van der Waals surface area contributed by atoms with Crippen LogP contribution >= 0.6 is 11.6 Å². The molecule has 0 spiro atoms. The molecule has 8 heteroatoms. The van der Waals surface area contributed by atoms with Gasteiger partial charge in [-0.2, -0.15) is 0 Å². The van der Waals surface area contributed by atoms with Gasteiger partial charge < -0.3 is 26.1 Å². The Kier molecular flexibility index (Phi) is 7.29. The number of nitrogens with zero attached hydrogens (tertiary/aromatic N) is 1. The number of nitrogens with one attached hydrogen (secondary N) is 3. The highest BCUT2D eigenvalue weighted by atomic mass is 35.5. The van der Waals surface area contributed by atoms with Crippen molar-refractivity contribution in [3.05, 3.63) is 65.6 Å². The third kappa shape index (κ3) is 5.60. The summed E-state index contributed by atoms with van der Waals surface area (Å²) in [6.45, 7) is 0.470. The van der Waals surface area contributed by atoms with E-state index in [0.29, 0.717) is 23.7 Å². The molecule has 3 aromatic rings. The summed E-state index contributed by atoms with van der Waals surface area (Å²) in [4.78, 5) is 19.5. The van der Waals surface area contributed by atoms with Gasteiger partial charge in [0.2, 0.25) is 0 Å². The summed E-state index contributed by atoms with van der Waals surface area (Å²) in [5, 5.41) is 6.41. The lowest BCUT2D eigenvalue weighted by Gasteiger charge is -2.29.